The van der Waals surface area contributed by atoms with E-state index < -0.39 is 0 Å². The van der Waals surface area contributed by atoms with E-state index in [2.05, 4.69) is 0 Å². The van der Waals surface area contributed by atoms with Crippen LogP contribution in [0.1, 0.15) is 25.7 Å². The fraction of sp³-hybridized carbons (Fsp3) is 0.909. The van der Waals surface area contributed by atoms with Crippen LogP contribution in [0.4, 0.5) is 0 Å². The Hall–Kier alpha value is -0.610. The summed E-state index contributed by atoms with van der Waals surface area (Å²) in [7, 11) is 3.11. The maximum Gasteiger partial charge on any atom is 0.305 e. The first-order valence-corrected chi connectivity index (χ1v) is 5.49. The van der Waals surface area contributed by atoms with Gasteiger partial charge in [-0.25, -0.2) is 0 Å². The molecule has 4 heteroatoms. The molecule has 4 nitrogen and oxygen atoms in total. The quantitative estimate of drug-likeness (QED) is 0.665. The van der Waals surface area contributed by atoms with Gasteiger partial charge in [0.05, 0.1) is 13.2 Å². The molecular weight excluding hydrogens is 196 g/mol. The molecule has 86 valence electrons. The van der Waals surface area contributed by atoms with Gasteiger partial charge < -0.3 is 14.2 Å². The zero-order valence-corrected chi connectivity index (χ0v) is 9.27. The van der Waals surface area contributed by atoms with Gasteiger partial charge in [-0.05, 0) is 24.7 Å². The van der Waals surface area contributed by atoms with Crippen molar-refractivity contribution in [2.45, 2.75) is 38.1 Å². The number of esters is 1. The van der Waals surface area contributed by atoms with Crippen LogP contribution >= 0.6 is 0 Å². The zero-order chi connectivity index (χ0) is 10.8. The van der Waals surface area contributed by atoms with Crippen molar-refractivity contribution in [1.82, 2.24) is 0 Å². The maximum atomic E-state index is 11.2. The van der Waals surface area contributed by atoms with E-state index in [0.717, 1.165) is 19.3 Å². The van der Waals surface area contributed by atoms with Crippen LogP contribution in [0.5, 0.6) is 0 Å². The lowest BCUT2D eigenvalue weighted by atomic mass is 9.90. The van der Waals surface area contributed by atoms with Gasteiger partial charge in [0.2, 0.25) is 0 Å². The Morgan fingerprint density at radius 1 is 1.40 bits per heavy atom. The number of ether oxygens (including phenoxy) is 3. The third kappa shape index (κ3) is 2.16. The Bertz CT molecular complexity index is 241. The van der Waals surface area contributed by atoms with Crippen LogP contribution in [-0.2, 0) is 19.0 Å². The molecule has 2 rings (SSSR count). The first-order valence-electron chi connectivity index (χ1n) is 5.49. The third-order valence-corrected chi connectivity index (χ3v) is 3.62. The molecule has 1 aliphatic carbocycles. The van der Waals surface area contributed by atoms with E-state index in [1.54, 1.807) is 7.11 Å². The van der Waals surface area contributed by atoms with E-state index in [0.29, 0.717) is 24.4 Å². The van der Waals surface area contributed by atoms with Crippen LogP contribution in [0, 0.1) is 11.8 Å². The highest BCUT2D eigenvalue weighted by Crippen LogP contribution is 2.44. The van der Waals surface area contributed by atoms with Crippen LogP contribution in [0.2, 0.25) is 0 Å². The Morgan fingerprint density at radius 2 is 2.20 bits per heavy atom. The highest BCUT2D eigenvalue weighted by atomic mass is 16.7. The van der Waals surface area contributed by atoms with Crippen LogP contribution in [-0.4, -0.2) is 32.6 Å². The molecule has 2 fully saturated rings. The van der Waals surface area contributed by atoms with Crippen LogP contribution in [0.3, 0.4) is 0 Å². The third-order valence-electron chi connectivity index (χ3n) is 3.62. The summed E-state index contributed by atoms with van der Waals surface area (Å²) in [6.07, 6.45) is 3.79. The summed E-state index contributed by atoms with van der Waals surface area (Å²) in [5.74, 6) is 0.790. The molecule has 0 aromatic carbocycles. The van der Waals surface area contributed by atoms with Gasteiger partial charge in [0, 0.05) is 20.0 Å². The van der Waals surface area contributed by atoms with Crippen molar-refractivity contribution in [1.29, 1.82) is 0 Å². The lowest BCUT2D eigenvalue weighted by Gasteiger charge is -2.15. The van der Waals surface area contributed by atoms with Crippen molar-refractivity contribution in [2.24, 2.45) is 11.8 Å². The van der Waals surface area contributed by atoms with Crippen molar-refractivity contribution in [2.75, 3.05) is 14.2 Å². The molecule has 0 radical (unpaired) electrons. The SMILES string of the molecule is COC(=O)CC1CCC2OC(OC)CC12. The second-order valence-corrected chi connectivity index (χ2v) is 4.36. The summed E-state index contributed by atoms with van der Waals surface area (Å²) in [5, 5.41) is 0. The summed E-state index contributed by atoms with van der Waals surface area (Å²) in [5.41, 5.74) is 0. The summed E-state index contributed by atoms with van der Waals surface area (Å²) >= 11 is 0. The largest absolute Gasteiger partial charge is 0.469 e. The standard InChI is InChI=1S/C11H18O4/c1-13-10(12)5-7-3-4-9-8(7)6-11(14-2)15-9/h7-9,11H,3-6H2,1-2H3. The molecule has 4 atom stereocenters. The van der Waals surface area contributed by atoms with Gasteiger partial charge >= 0.3 is 5.97 Å². The number of carbonyl (C=O) groups is 1. The number of rotatable bonds is 3. The maximum absolute atomic E-state index is 11.2. The molecule has 1 saturated heterocycles. The van der Waals surface area contributed by atoms with Crippen molar-refractivity contribution < 1.29 is 19.0 Å². The summed E-state index contributed by atoms with van der Waals surface area (Å²) < 4.78 is 15.6. The number of hydrogen-bond donors (Lipinski definition) is 0. The van der Waals surface area contributed by atoms with Gasteiger partial charge in [-0.3, -0.25) is 4.79 Å². The molecule has 1 heterocycles. The lowest BCUT2D eigenvalue weighted by molar-refractivity contribution is -0.142. The number of carbonyl (C=O) groups excluding carboxylic acids is 1. The highest BCUT2D eigenvalue weighted by molar-refractivity contribution is 5.69. The Labute approximate surface area is 89.9 Å². The van der Waals surface area contributed by atoms with Crippen LogP contribution < -0.4 is 0 Å². The second kappa shape index (κ2) is 4.49. The van der Waals surface area contributed by atoms with E-state index in [1.165, 1.54) is 7.11 Å². The highest BCUT2D eigenvalue weighted by Gasteiger charge is 2.45. The fourth-order valence-electron chi connectivity index (χ4n) is 2.80. The van der Waals surface area contributed by atoms with E-state index in [9.17, 15) is 4.79 Å². The smallest absolute Gasteiger partial charge is 0.305 e. The average Bonchev–Trinajstić information content (AvgIpc) is 2.79. The van der Waals surface area contributed by atoms with E-state index in [-0.39, 0.29) is 12.3 Å². The van der Waals surface area contributed by atoms with Gasteiger partial charge in [-0.1, -0.05) is 0 Å². The van der Waals surface area contributed by atoms with Crippen LogP contribution in [0.15, 0.2) is 0 Å². The first-order chi connectivity index (χ1) is 7.24. The predicted molar refractivity (Wildman–Crippen MR) is 53.1 cm³/mol. The topological polar surface area (TPSA) is 44.8 Å². The van der Waals surface area contributed by atoms with Gasteiger partial charge in [-0.15, -0.1) is 0 Å². The first kappa shape index (κ1) is 10.9. The number of methoxy groups -OCH3 is 2. The van der Waals surface area contributed by atoms with Gasteiger partial charge in [-0.2, -0.15) is 0 Å². The van der Waals surface area contributed by atoms with Gasteiger partial charge in [0.15, 0.2) is 6.29 Å². The fourth-order valence-corrected chi connectivity index (χ4v) is 2.80. The van der Waals surface area contributed by atoms with E-state index in [4.69, 9.17) is 14.2 Å². The second-order valence-electron chi connectivity index (χ2n) is 4.36. The Morgan fingerprint density at radius 3 is 2.87 bits per heavy atom. The Kier molecular flexibility index (Phi) is 3.26. The molecule has 1 aliphatic heterocycles. The molecule has 4 unspecified atom stereocenters. The molecular formula is C11H18O4. The predicted octanol–water partition coefficient (Wildman–Crippen LogP) is 1.34. The summed E-state index contributed by atoms with van der Waals surface area (Å²) in [4.78, 5) is 11.2. The van der Waals surface area contributed by atoms with Crippen molar-refractivity contribution in [3.8, 4) is 0 Å². The van der Waals surface area contributed by atoms with Crippen molar-refractivity contribution in [3.05, 3.63) is 0 Å². The molecule has 0 aromatic heterocycles. The molecule has 15 heavy (non-hydrogen) atoms. The lowest BCUT2D eigenvalue weighted by Crippen LogP contribution is -2.17. The Balaban J connectivity index is 1.90. The molecule has 0 aromatic rings. The zero-order valence-electron chi connectivity index (χ0n) is 9.27. The molecule has 0 bridgehead atoms. The van der Waals surface area contributed by atoms with Crippen molar-refractivity contribution in [3.63, 3.8) is 0 Å². The molecule has 1 saturated carbocycles. The summed E-state index contributed by atoms with van der Waals surface area (Å²) in [6, 6.07) is 0. The monoisotopic (exact) mass is 214 g/mol. The minimum Gasteiger partial charge on any atom is -0.469 e. The average molecular weight is 214 g/mol. The molecule has 0 spiro atoms. The minimum atomic E-state index is -0.110. The number of hydrogen-bond acceptors (Lipinski definition) is 4. The van der Waals surface area contributed by atoms with E-state index in [1.807, 2.05) is 0 Å². The molecule has 2 aliphatic rings. The summed E-state index contributed by atoms with van der Waals surface area (Å²) in [6.45, 7) is 0. The van der Waals surface area contributed by atoms with Crippen LogP contribution in [0.25, 0.3) is 0 Å². The van der Waals surface area contributed by atoms with Gasteiger partial charge in [0.25, 0.3) is 0 Å². The van der Waals surface area contributed by atoms with Gasteiger partial charge in [0.1, 0.15) is 0 Å². The van der Waals surface area contributed by atoms with Crippen molar-refractivity contribution >= 4 is 5.97 Å². The molecule has 0 N–H and O–H groups in total. The molecule has 0 amide bonds. The number of fused-ring (bicyclic) bond motifs is 1. The van der Waals surface area contributed by atoms with E-state index >= 15 is 0 Å². The normalized spacial score (nSPS) is 39.1. The minimum absolute atomic E-state index is 0.0690.